The molecule has 0 aliphatic heterocycles. The van der Waals surface area contributed by atoms with Gasteiger partial charge in [-0.25, -0.2) is 9.98 Å². The molecule has 1 aromatic heterocycles. The van der Waals surface area contributed by atoms with Gasteiger partial charge in [0.1, 0.15) is 5.01 Å². The summed E-state index contributed by atoms with van der Waals surface area (Å²) in [6.07, 6.45) is 6.34. The van der Waals surface area contributed by atoms with Crippen molar-refractivity contribution >= 4 is 23.2 Å². The van der Waals surface area contributed by atoms with Crippen LogP contribution in [0.3, 0.4) is 0 Å². The summed E-state index contributed by atoms with van der Waals surface area (Å²) in [4.78, 5) is 21.9. The van der Waals surface area contributed by atoms with Crippen molar-refractivity contribution in [2.45, 2.75) is 90.3 Å². The molecule has 1 aromatic rings. The number of rotatable bonds is 6. The van der Waals surface area contributed by atoms with Gasteiger partial charge in [-0.2, -0.15) is 0 Å². The van der Waals surface area contributed by atoms with Crippen molar-refractivity contribution in [3.63, 3.8) is 0 Å². The summed E-state index contributed by atoms with van der Waals surface area (Å²) in [5, 5.41) is 13.2. The second kappa shape index (κ2) is 9.25. The van der Waals surface area contributed by atoms with Crippen LogP contribution in [-0.2, 0) is 16.8 Å². The lowest BCUT2D eigenvalue weighted by Gasteiger charge is -2.30. The Labute approximate surface area is 173 Å². The largest absolute Gasteiger partial charge is 0.357 e. The Morgan fingerprint density at radius 1 is 1.21 bits per heavy atom. The second-order valence-electron chi connectivity index (χ2n) is 9.06. The maximum atomic E-state index is 12.4. The van der Waals surface area contributed by atoms with Crippen LogP contribution in [0.4, 0.5) is 0 Å². The standard InChI is InChI=1S/C21H35N5OS/c1-5-22-20(23-12-18-26-17(13-28-18)21(2,3)4)25-16-8-6-7-14(11-16)19(27)24-15-9-10-15/h13-16H,5-12H2,1-4H3,(H,24,27)(H2,22,23,25). The summed E-state index contributed by atoms with van der Waals surface area (Å²) < 4.78 is 0. The zero-order valence-corrected chi connectivity index (χ0v) is 18.5. The van der Waals surface area contributed by atoms with Crippen molar-refractivity contribution in [2.75, 3.05) is 6.54 Å². The van der Waals surface area contributed by atoms with E-state index in [1.165, 1.54) is 0 Å². The minimum absolute atomic E-state index is 0.0688. The number of carbonyl (C=O) groups is 1. The minimum Gasteiger partial charge on any atom is -0.357 e. The van der Waals surface area contributed by atoms with Crippen molar-refractivity contribution in [2.24, 2.45) is 10.9 Å². The molecule has 2 atom stereocenters. The van der Waals surface area contributed by atoms with Crippen LogP contribution in [-0.4, -0.2) is 35.5 Å². The molecule has 1 amide bonds. The van der Waals surface area contributed by atoms with Crippen molar-refractivity contribution in [3.05, 3.63) is 16.1 Å². The van der Waals surface area contributed by atoms with Crippen LogP contribution in [0.1, 0.15) is 76.9 Å². The number of aliphatic imine (C=N–C) groups is 1. The highest BCUT2D eigenvalue weighted by Gasteiger charge is 2.31. The lowest BCUT2D eigenvalue weighted by Crippen LogP contribution is -2.47. The molecule has 28 heavy (non-hydrogen) atoms. The van der Waals surface area contributed by atoms with E-state index >= 15 is 0 Å². The first kappa shape index (κ1) is 21.1. The fourth-order valence-corrected chi connectivity index (χ4v) is 4.44. The minimum atomic E-state index is 0.0688. The first-order chi connectivity index (χ1) is 13.3. The molecular formula is C21H35N5OS. The highest BCUT2D eigenvalue weighted by Crippen LogP contribution is 2.27. The summed E-state index contributed by atoms with van der Waals surface area (Å²) in [6.45, 7) is 10.0. The number of carbonyl (C=O) groups excluding carboxylic acids is 1. The molecule has 2 saturated carbocycles. The number of amides is 1. The fraction of sp³-hybridized carbons (Fsp3) is 0.762. The molecule has 0 radical (unpaired) electrons. The van der Waals surface area contributed by atoms with E-state index in [9.17, 15) is 4.79 Å². The molecule has 156 valence electrons. The molecule has 6 nitrogen and oxygen atoms in total. The molecule has 3 N–H and O–H groups in total. The Kier molecular flexibility index (Phi) is 6.96. The van der Waals surface area contributed by atoms with E-state index in [-0.39, 0.29) is 17.2 Å². The Morgan fingerprint density at radius 3 is 2.64 bits per heavy atom. The van der Waals surface area contributed by atoms with E-state index in [1.807, 2.05) is 0 Å². The molecule has 1 heterocycles. The average molecular weight is 406 g/mol. The Bertz CT molecular complexity index is 689. The van der Waals surface area contributed by atoms with Gasteiger partial charge in [-0.1, -0.05) is 27.2 Å². The van der Waals surface area contributed by atoms with Crippen molar-refractivity contribution in [1.29, 1.82) is 0 Å². The number of thiazole rings is 1. The molecule has 2 aliphatic carbocycles. The monoisotopic (exact) mass is 405 g/mol. The smallest absolute Gasteiger partial charge is 0.223 e. The molecule has 0 bridgehead atoms. The van der Waals surface area contributed by atoms with Crippen LogP contribution >= 0.6 is 11.3 Å². The van der Waals surface area contributed by atoms with Crippen LogP contribution in [0.2, 0.25) is 0 Å². The number of guanidine groups is 1. The zero-order chi connectivity index (χ0) is 20.1. The van der Waals surface area contributed by atoms with E-state index in [0.717, 1.165) is 61.7 Å². The van der Waals surface area contributed by atoms with Gasteiger partial charge in [-0.05, 0) is 39.0 Å². The maximum absolute atomic E-state index is 12.4. The van der Waals surface area contributed by atoms with Crippen LogP contribution < -0.4 is 16.0 Å². The van der Waals surface area contributed by atoms with E-state index in [1.54, 1.807) is 11.3 Å². The summed E-state index contributed by atoms with van der Waals surface area (Å²) in [7, 11) is 0. The summed E-state index contributed by atoms with van der Waals surface area (Å²) in [5.74, 6) is 1.19. The summed E-state index contributed by atoms with van der Waals surface area (Å²) in [6, 6.07) is 0.735. The quantitative estimate of drug-likeness (QED) is 0.501. The van der Waals surface area contributed by atoms with Gasteiger partial charge < -0.3 is 16.0 Å². The van der Waals surface area contributed by atoms with Gasteiger partial charge in [0.05, 0.1) is 12.2 Å². The van der Waals surface area contributed by atoms with E-state index in [0.29, 0.717) is 18.6 Å². The van der Waals surface area contributed by atoms with E-state index < -0.39 is 0 Å². The Hall–Kier alpha value is -1.63. The zero-order valence-electron chi connectivity index (χ0n) is 17.7. The first-order valence-electron chi connectivity index (χ1n) is 10.6. The maximum Gasteiger partial charge on any atom is 0.223 e. The normalized spacial score (nSPS) is 23.4. The van der Waals surface area contributed by atoms with Gasteiger partial charge in [-0.3, -0.25) is 4.79 Å². The molecule has 2 fully saturated rings. The lowest BCUT2D eigenvalue weighted by molar-refractivity contribution is -0.126. The number of hydrogen-bond donors (Lipinski definition) is 3. The van der Waals surface area contributed by atoms with Crippen molar-refractivity contribution in [1.82, 2.24) is 20.9 Å². The molecular weight excluding hydrogens is 370 g/mol. The summed E-state index contributed by atoms with van der Waals surface area (Å²) in [5.41, 5.74) is 1.19. The van der Waals surface area contributed by atoms with Crippen LogP contribution in [0.5, 0.6) is 0 Å². The highest BCUT2D eigenvalue weighted by atomic mass is 32.1. The van der Waals surface area contributed by atoms with Gasteiger partial charge in [0.25, 0.3) is 0 Å². The Balaban J connectivity index is 1.56. The molecule has 3 rings (SSSR count). The SMILES string of the molecule is CCNC(=NCc1nc(C(C)(C)C)cs1)NC1CCCC(C(=O)NC2CC2)C1. The topological polar surface area (TPSA) is 78.4 Å². The fourth-order valence-electron chi connectivity index (χ4n) is 3.49. The number of aromatic nitrogens is 1. The molecule has 2 aliphatic rings. The number of nitrogens with one attached hydrogen (secondary N) is 3. The highest BCUT2D eigenvalue weighted by molar-refractivity contribution is 7.09. The molecule has 7 heteroatoms. The van der Waals surface area contributed by atoms with Crippen LogP contribution in [0, 0.1) is 5.92 Å². The molecule has 0 saturated heterocycles. The molecule has 0 aromatic carbocycles. The third-order valence-corrected chi connectivity index (χ3v) is 6.18. The van der Waals surface area contributed by atoms with Gasteiger partial charge in [0.2, 0.25) is 5.91 Å². The van der Waals surface area contributed by atoms with Crippen molar-refractivity contribution in [3.8, 4) is 0 Å². The van der Waals surface area contributed by atoms with Gasteiger partial charge in [0.15, 0.2) is 5.96 Å². The predicted molar refractivity (Wildman–Crippen MR) is 116 cm³/mol. The number of nitrogens with zero attached hydrogens (tertiary/aromatic N) is 2. The Morgan fingerprint density at radius 2 is 2.00 bits per heavy atom. The average Bonchev–Trinajstić information content (AvgIpc) is 3.31. The first-order valence-corrected chi connectivity index (χ1v) is 11.5. The second-order valence-corrected chi connectivity index (χ2v) is 10.0. The van der Waals surface area contributed by atoms with Gasteiger partial charge in [-0.15, -0.1) is 11.3 Å². The summed E-state index contributed by atoms with van der Waals surface area (Å²) >= 11 is 1.67. The van der Waals surface area contributed by atoms with E-state index in [2.05, 4.69) is 49.0 Å². The molecule has 2 unspecified atom stereocenters. The third kappa shape index (κ3) is 6.19. The van der Waals surface area contributed by atoms with Crippen LogP contribution in [0.25, 0.3) is 0 Å². The molecule has 0 spiro atoms. The van der Waals surface area contributed by atoms with Crippen LogP contribution in [0.15, 0.2) is 10.4 Å². The number of hydrogen-bond acceptors (Lipinski definition) is 4. The lowest BCUT2D eigenvalue weighted by atomic mass is 9.85. The van der Waals surface area contributed by atoms with Gasteiger partial charge in [0, 0.05) is 35.3 Å². The predicted octanol–water partition coefficient (Wildman–Crippen LogP) is 3.33. The third-order valence-electron chi connectivity index (χ3n) is 5.35. The van der Waals surface area contributed by atoms with Gasteiger partial charge >= 0.3 is 0 Å². The van der Waals surface area contributed by atoms with E-state index in [4.69, 9.17) is 9.98 Å². The van der Waals surface area contributed by atoms with Crippen molar-refractivity contribution < 1.29 is 4.79 Å².